The van der Waals surface area contributed by atoms with Gasteiger partial charge in [0.2, 0.25) is 5.91 Å². The zero-order valence-corrected chi connectivity index (χ0v) is 17.6. The molecular formula is C22H29N5O3. The highest BCUT2D eigenvalue weighted by Gasteiger charge is 2.35. The van der Waals surface area contributed by atoms with Crippen LogP contribution in [0.4, 0.5) is 0 Å². The maximum Gasteiger partial charge on any atom is 0.251 e. The van der Waals surface area contributed by atoms with E-state index in [4.69, 9.17) is 4.74 Å². The van der Waals surface area contributed by atoms with Gasteiger partial charge in [0, 0.05) is 44.1 Å². The molecule has 3 heterocycles. The number of nitrogens with one attached hydrogen (secondary N) is 1. The monoisotopic (exact) mass is 411 g/mol. The van der Waals surface area contributed by atoms with Crippen LogP contribution >= 0.6 is 0 Å². The summed E-state index contributed by atoms with van der Waals surface area (Å²) in [5, 5.41) is 11.5. The molecule has 2 amide bonds. The third-order valence-electron chi connectivity index (χ3n) is 5.90. The van der Waals surface area contributed by atoms with Crippen molar-refractivity contribution < 1.29 is 14.3 Å². The lowest BCUT2D eigenvalue weighted by Crippen LogP contribution is -2.44. The second kappa shape index (κ2) is 8.55. The average molecular weight is 412 g/mol. The molecule has 1 atom stereocenters. The van der Waals surface area contributed by atoms with E-state index in [1.165, 1.54) is 0 Å². The van der Waals surface area contributed by atoms with E-state index in [0.29, 0.717) is 44.8 Å². The highest BCUT2D eigenvalue weighted by molar-refractivity contribution is 5.94. The Hall–Kier alpha value is -2.74. The zero-order chi connectivity index (χ0) is 21.1. The number of ether oxygens (including phenoxy) is 1. The first-order valence-corrected chi connectivity index (χ1v) is 10.6. The van der Waals surface area contributed by atoms with E-state index in [9.17, 15) is 9.59 Å². The lowest BCUT2D eigenvalue weighted by Gasteiger charge is -2.36. The molecule has 1 N–H and O–H groups in total. The first-order valence-electron chi connectivity index (χ1n) is 10.6. The second-order valence-corrected chi connectivity index (χ2v) is 8.61. The van der Waals surface area contributed by atoms with Crippen LogP contribution in [0.25, 0.3) is 0 Å². The van der Waals surface area contributed by atoms with Crippen LogP contribution in [0.2, 0.25) is 0 Å². The van der Waals surface area contributed by atoms with Gasteiger partial charge in [-0.25, -0.2) is 0 Å². The number of benzene rings is 1. The van der Waals surface area contributed by atoms with E-state index in [2.05, 4.69) is 15.5 Å². The average Bonchev–Trinajstić information content (AvgIpc) is 3.00. The highest BCUT2D eigenvalue weighted by atomic mass is 16.5. The number of hydrogen-bond donors (Lipinski definition) is 1. The number of hydrogen-bond acceptors (Lipinski definition) is 5. The Morgan fingerprint density at radius 1 is 1.17 bits per heavy atom. The smallest absolute Gasteiger partial charge is 0.251 e. The van der Waals surface area contributed by atoms with Crippen molar-refractivity contribution in [2.45, 2.75) is 51.8 Å². The predicted molar refractivity (Wildman–Crippen MR) is 111 cm³/mol. The standard InChI is InChI=1S/C22H29N5O3/c1-22(2)14-17(9-13-30-22)21(29)26-10-8-18-24-25-19(27(18)12-11-26)15-23-20(28)16-6-4-3-5-7-16/h3-7,17H,8-15H2,1-2H3,(H,23,28). The van der Waals surface area contributed by atoms with Gasteiger partial charge in [-0.05, 0) is 38.8 Å². The fraction of sp³-hybridized carbons (Fsp3) is 0.545. The molecule has 30 heavy (non-hydrogen) atoms. The lowest BCUT2D eigenvalue weighted by atomic mass is 9.87. The van der Waals surface area contributed by atoms with E-state index >= 15 is 0 Å². The van der Waals surface area contributed by atoms with Crippen molar-refractivity contribution >= 4 is 11.8 Å². The molecule has 2 aliphatic rings. The Labute approximate surface area is 176 Å². The van der Waals surface area contributed by atoms with Gasteiger partial charge in [-0.1, -0.05) is 18.2 Å². The highest BCUT2D eigenvalue weighted by Crippen LogP contribution is 2.30. The summed E-state index contributed by atoms with van der Waals surface area (Å²) in [4.78, 5) is 27.4. The minimum atomic E-state index is -0.245. The van der Waals surface area contributed by atoms with Gasteiger partial charge in [0.25, 0.3) is 5.91 Å². The maximum absolute atomic E-state index is 13.1. The van der Waals surface area contributed by atoms with Gasteiger partial charge in [0.1, 0.15) is 5.82 Å². The third kappa shape index (κ3) is 4.53. The van der Waals surface area contributed by atoms with E-state index < -0.39 is 0 Å². The molecule has 1 aromatic heterocycles. The molecule has 4 rings (SSSR count). The van der Waals surface area contributed by atoms with Crippen molar-refractivity contribution in [2.75, 3.05) is 19.7 Å². The Morgan fingerprint density at radius 2 is 1.97 bits per heavy atom. The minimum Gasteiger partial charge on any atom is -0.376 e. The molecular weight excluding hydrogens is 382 g/mol. The van der Waals surface area contributed by atoms with Crippen LogP contribution in [-0.4, -0.2) is 56.8 Å². The summed E-state index contributed by atoms with van der Waals surface area (Å²) in [7, 11) is 0. The van der Waals surface area contributed by atoms with Crippen LogP contribution in [0.15, 0.2) is 30.3 Å². The van der Waals surface area contributed by atoms with E-state index in [1.54, 1.807) is 12.1 Å². The molecule has 0 spiro atoms. The third-order valence-corrected chi connectivity index (χ3v) is 5.90. The molecule has 0 aliphatic carbocycles. The van der Waals surface area contributed by atoms with Gasteiger partial charge in [0.05, 0.1) is 12.1 Å². The minimum absolute atomic E-state index is 0.0157. The van der Waals surface area contributed by atoms with Crippen molar-refractivity contribution in [1.29, 1.82) is 0 Å². The summed E-state index contributed by atoms with van der Waals surface area (Å²) in [6, 6.07) is 9.11. The summed E-state index contributed by atoms with van der Waals surface area (Å²) < 4.78 is 7.80. The van der Waals surface area contributed by atoms with Gasteiger partial charge in [0.15, 0.2) is 5.82 Å². The fourth-order valence-corrected chi connectivity index (χ4v) is 4.29. The molecule has 1 fully saturated rings. The number of aromatic nitrogens is 3. The van der Waals surface area contributed by atoms with Gasteiger partial charge in [-0.3, -0.25) is 9.59 Å². The normalized spacial score (nSPS) is 20.9. The van der Waals surface area contributed by atoms with Crippen molar-refractivity contribution in [1.82, 2.24) is 25.0 Å². The number of amides is 2. The van der Waals surface area contributed by atoms with Crippen LogP contribution in [-0.2, 0) is 29.0 Å². The molecule has 2 aromatic rings. The van der Waals surface area contributed by atoms with Crippen LogP contribution < -0.4 is 5.32 Å². The maximum atomic E-state index is 13.1. The first kappa shape index (κ1) is 20.5. The van der Waals surface area contributed by atoms with E-state index in [1.807, 2.05) is 41.5 Å². The Kier molecular flexibility index (Phi) is 5.85. The van der Waals surface area contributed by atoms with E-state index in [0.717, 1.165) is 24.5 Å². The van der Waals surface area contributed by atoms with Crippen LogP contribution in [0.3, 0.4) is 0 Å². The summed E-state index contributed by atoms with van der Waals surface area (Å²) in [5.41, 5.74) is 0.370. The molecule has 0 radical (unpaired) electrons. The molecule has 2 aliphatic heterocycles. The zero-order valence-electron chi connectivity index (χ0n) is 17.6. The van der Waals surface area contributed by atoms with Crippen molar-refractivity contribution in [3.63, 3.8) is 0 Å². The van der Waals surface area contributed by atoms with Gasteiger partial charge >= 0.3 is 0 Å². The fourth-order valence-electron chi connectivity index (χ4n) is 4.29. The topological polar surface area (TPSA) is 89.4 Å². The van der Waals surface area contributed by atoms with Gasteiger partial charge < -0.3 is 19.5 Å². The number of nitrogens with zero attached hydrogens (tertiary/aromatic N) is 4. The quantitative estimate of drug-likeness (QED) is 0.829. The largest absolute Gasteiger partial charge is 0.376 e. The van der Waals surface area contributed by atoms with Crippen LogP contribution in [0, 0.1) is 5.92 Å². The van der Waals surface area contributed by atoms with E-state index in [-0.39, 0.29) is 23.3 Å². The van der Waals surface area contributed by atoms with Crippen LogP contribution in [0.1, 0.15) is 48.7 Å². The lowest BCUT2D eigenvalue weighted by molar-refractivity contribution is -0.145. The molecule has 1 aromatic carbocycles. The molecule has 0 bridgehead atoms. The van der Waals surface area contributed by atoms with Crippen molar-refractivity contribution in [3.05, 3.63) is 47.5 Å². The summed E-state index contributed by atoms with van der Waals surface area (Å²) in [5.74, 6) is 1.67. The Bertz CT molecular complexity index is 909. The Balaban J connectivity index is 1.37. The van der Waals surface area contributed by atoms with Crippen molar-refractivity contribution in [2.24, 2.45) is 5.92 Å². The van der Waals surface area contributed by atoms with Gasteiger partial charge in [-0.2, -0.15) is 0 Å². The number of fused-ring (bicyclic) bond motifs is 1. The summed E-state index contributed by atoms with van der Waals surface area (Å²) in [6.07, 6.45) is 2.20. The molecule has 1 saturated heterocycles. The first-order chi connectivity index (χ1) is 14.4. The molecule has 1 unspecified atom stereocenters. The number of carbonyl (C=O) groups is 2. The number of carbonyl (C=O) groups excluding carboxylic acids is 2. The van der Waals surface area contributed by atoms with Crippen molar-refractivity contribution in [3.8, 4) is 0 Å². The summed E-state index contributed by atoms with van der Waals surface area (Å²) in [6.45, 7) is 6.94. The summed E-state index contributed by atoms with van der Waals surface area (Å²) >= 11 is 0. The molecule has 8 heteroatoms. The Morgan fingerprint density at radius 3 is 2.73 bits per heavy atom. The number of rotatable bonds is 4. The van der Waals surface area contributed by atoms with Crippen LogP contribution in [0.5, 0.6) is 0 Å². The predicted octanol–water partition coefficient (Wildman–Crippen LogP) is 1.80. The SMILES string of the molecule is CC1(C)CC(C(=O)N2CCc3nnc(CNC(=O)c4ccccc4)n3CC2)CCO1. The molecule has 8 nitrogen and oxygen atoms in total. The molecule has 160 valence electrons. The molecule has 0 saturated carbocycles. The second-order valence-electron chi connectivity index (χ2n) is 8.61. The van der Waals surface area contributed by atoms with Gasteiger partial charge in [-0.15, -0.1) is 10.2 Å².